The molecule has 23 heavy (non-hydrogen) atoms. The average Bonchev–Trinajstić information content (AvgIpc) is 2.92. The minimum atomic E-state index is 0.629. The van der Waals surface area contributed by atoms with Crippen molar-refractivity contribution < 1.29 is 4.74 Å². The number of benzene rings is 1. The van der Waals surface area contributed by atoms with E-state index in [1.165, 1.54) is 0 Å². The molecule has 0 aliphatic heterocycles. The van der Waals surface area contributed by atoms with Gasteiger partial charge in [0.15, 0.2) is 0 Å². The number of aryl methyl sites for hydroxylation is 1. The molecule has 2 aromatic heterocycles. The molecule has 2 N–H and O–H groups in total. The van der Waals surface area contributed by atoms with E-state index in [0.29, 0.717) is 6.54 Å². The summed E-state index contributed by atoms with van der Waals surface area (Å²) in [4.78, 5) is 9.07. The van der Waals surface area contributed by atoms with Gasteiger partial charge in [0.05, 0.1) is 30.5 Å². The van der Waals surface area contributed by atoms with Gasteiger partial charge in [-0.25, -0.2) is 4.98 Å². The summed E-state index contributed by atoms with van der Waals surface area (Å²) < 4.78 is 7.97. The van der Waals surface area contributed by atoms with E-state index in [1.54, 1.807) is 0 Å². The van der Waals surface area contributed by atoms with E-state index >= 15 is 0 Å². The standard InChI is InChI=1S/C18H22N4O/c1-3-4-9-23-18-8-5-13(2)21-16(18)11-22-12-20-15-10-14(19)6-7-17(15)22/h5-8,10,12H,3-4,9,11,19H2,1-2H3. The summed E-state index contributed by atoms with van der Waals surface area (Å²) in [7, 11) is 0. The van der Waals surface area contributed by atoms with E-state index < -0.39 is 0 Å². The van der Waals surface area contributed by atoms with Crippen LogP contribution in [0.2, 0.25) is 0 Å². The number of nitrogen functional groups attached to an aromatic ring is 1. The molecule has 0 bridgehead atoms. The molecule has 3 aromatic rings. The van der Waals surface area contributed by atoms with E-state index in [9.17, 15) is 0 Å². The van der Waals surface area contributed by atoms with Crippen molar-refractivity contribution >= 4 is 16.7 Å². The lowest BCUT2D eigenvalue weighted by atomic mass is 10.2. The third kappa shape index (κ3) is 3.44. The fourth-order valence-electron chi connectivity index (χ4n) is 2.54. The van der Waals surface area contributed by atoms with Crippen molar-refractivity contribution in [3.8, 4) is 5.75 Å². The highest BCUT2D eigenvalue weighted by molar-refractivity contribution is 5.79. The van der Waals surface area contributed by atoms with Crippen molar-refractivity contribution in [3.05, 3.63) is 48.0 Å². The lowest BCUT2D eigenvalue weighted by Gasteiger charge is -2.12. The highest BCUT2D eigenvalue weighted by Gasteiger charge is 2.10. The van der Waals surface area contributed by atoms with Gasteiger partial charge in [0, 0.05) is 11.4 Å². The number of pyridine rings is 1. The van der Waals surface area contributed by atoms with Crippen LogP contribution in [-0.4, -0.2) is 21.1 Å². The lowest BCUT2D eigenvalue weighted by molar-refractivity contribution is 0.304. The Morgan fingerprint density at radius 3 is 2.91 bits per heavy atom. The second-order valence-corrected chi connectivity index (χ2v) is 5.72. The number of ether oxygens (including phenoxy) is 1. The molecule has 2 heterocycles. The topological polar surface area (TPSA) is 66.0 Å². The van der Waals surface area contributed by atoms with Crippen LogP contribution >= 0.6 is 0 Å². The summed E-state index contributed by atoms with van der Waals surface area (Å²) in [6.07, 6.45) is 3.98. The molecule has 0 amide bonds. The van der Waals surface area contributed by atoms with Crippen molar-refractivity contribution in [1.82, 2.24) is 14.5 Å². The fourth-order valence-corrected chi connectivity index (χ4v) is 2.54. The number of rotatable bonds is 6. The van der Waals surface area contributed by atoms with Crippen LogP contribution in [0.1, 0.15) is 31.2 Å². The highest BCUT2D eigenvalue weighted by Crippen LogP contribution is 2.22. The summed E-state index contributed by atoms with van der Waals surface area (Å²) in [5.41, 5.74) is 10.4. The smallest absolute Gasteiger partial charge is 0.142 e. The Bertz CT molecular complexity index is 810. The summed E-state index contributed by atoms with van der Waals surface area (Å²) >= 11 is 0. The zero-order chi connectivity index (χ0) is 16.2. The maximum Gasteiger partial charge on any atom is 0.142 e. The molecular weight excluding hydrogens is 288 g/mol. The molecule has 0 aliphatic rings. The molecule has 0 saturated carbocycles. The van der Waals surface area contributed by atoms with Gasteiger partial charge < -0.3 is 15.0 Å². The molecule has 0 spiro atoms. The monoisotopic (exact) mass is 310 g/mol. The van der Waals surface area contributed by atoms with Crippen LogP contribution in [0.4, 0.5) is 5.69 Å². The normalized spacial score (nSPS) is 11.0. The van der Waals surface area contributed by atoms with Crippen LogP contribution in [0.15, 0.2) is 36.7 Å². The first-order valence-corrected chi connectivity index (χ1v) is 7.97. The molecule has 3 rings (SSSR count). The quantitative estimate of drug-likeness (QED) is 0.558. The second-order valence-electron chi connectivity index (χ2n) is 5.72. The van der Waals surface area contributed by atoms with Crippen molar-refractivity contribution in [2.45, 2.75) is 33.2 Å². The van der Waals surface area contributed by atoms with Gasteiger partial charge in [-0.1, -0.05) is 13.3 Å². The van der Waals surface area contributed by atoms with Gasteiger partial charge in [-0.15, -0.1) is 0 Å². The predicted octanol–water partition coefficient (Wildman–Crippen LogP) is 3.55. The van der Waals surface area contributed by atoms with Crippen molar-refractivity contribution in [2.24, 2.45) is 0 Å². The molecule has 0 unspecified atom stereocenters. The van der Waals surface area contributed by atoms with E-state index in [0.717, 1.165) is 53.3 Å². The third-order valence-electron chi connectivity index (χ3n) is 3.79. The Kier molecular flexibility index (Phi) is 4.46. The second kappa shape index (κ2) is 6.69. The number of aromatic nitrogens is 3. The summed E-state index contributed by atoms with van der Waals surface area (Å²) in [5.74, 6) is 0.848. The molecule has 1 aromatic carbocycles. The molecule has 120 valence electrons. The van der Waals surface area contributed by atoms with Crippen LogP contribution < -0.4 is 10.5 Å². The first-order valence-electron chi connectivity index (χ1n) is 7.97. The number of hydrogen-bond donors (Lipinski definition) is 1. The summed E-state index contributed by atoms with van der Waals surface area (Å²) in [6.45, 7) is 5.49. The Morgan fingerprint density at radius 1 is 1.22 bits per heavy atom. The minimum Gasteiger partial charge on any atom is -0.492 e. The highest BCUT2D eigenvalue weighted by atomic mass is 16.5. The maximum absolute atomic E-state index is 5.90. The Morgan fingerprint density at radius 2 is 2.09 bits per heavy atom. The number of imidazole rings is 1. The molecule has 0 radical (unpaired) electrons. The zero-order valence-electron chi connectivity index (χ0n) is 13.6. The van der Waals surface area contributed by atoms with E-state index in [1.807, 2.05) is 43.6 Å². The van der Waals surface area contributed by atoms with Crippen molar-refractivity contribution in [2.75, 3.05) is 12.3 Å². The van der Waals surface area contributed by atoms with Gasteiger partial charge in [-0.05, 0) is 43.7 Å². The number of fused-ring (bicyclic) bond motifs is 1. The Balaban J connectivity index is 1.89. The third-order valence-corrected chi connectivity index (χ3v) is 3.79. The lowest BCUT2D eigenvalue weighted by Crippen LogP contribution is -2.06. The van der Waals surface area contributed by atoms with Crippen LogP contribution in [0.25, 0.3) is 11.0 Å². The predicted molar refractivity (Wildman–Crippen MR) is 92.6 cm³/mol. The number of anilines is 1. The zero-order valence-corrected chi connectivity index (χ0v) is 13.6. The molecule has 0 atom stereocenters. The van der Waals surface area contributed by atoms with Gasteiger partial charge in [-0.2, -0.15) is 0 Å². The number of nitrogens with zero attached hydrogens (tertiary/aromatic N) is 3. The van der Waals surface area contributed by atoms with Crippen LogP contribution in [0, 0.1) is 6.92 Å². The van der Waals surface area contributed by atoms with Gasteiger partial charge in [0.25, 0.3) is 0 Å². The number of unbranched alkanes of at least 4 members (excludes halogenated alkanes) is 1. The van der Waals surface area contributed by atoms with Gasteiger partial charge >= 0.3 is 0 Å². The molecule has 0 aliphatic carbocycles. The minimum absolute atomic E-state index is 0.629. The molecule has 5 heteroatoms. The molecule has 0 saturated heterocycles. The summed E-state index contributed by atoms with van der Waals surface area (Å²) in [5, 5.41) is 0. The first kappa shape index (κ1) is 15.3. The van der Waals surface area contributed by atoms with E-state index in [-0.39, 0.29) is 0 Å². The number of nitrogens with two attached hydrogens (primary N) is 1. The largest absolute Gasteiger partial charge is 0.492 e. The van der Waals surface area contributed by atoms with Gasteiger partial charge in [0.2, 0.25) is 0 Å². The van der Waals surface area contributed by atoms with Crippen LogP contribution in [0.5, 0.6) is 5.75 Å². The number of hydrogen-bond acceptors (Lipinski definition) is 4. The van der Waals surface area contributed by atoms with E-state index in [4.69, 9.17) is 10.5 Å². The Labute approximate surface area is 136 Å². The molecular formula is C18H22N4O. The van der Waals surface area contributed by atoms with Crippen LogP contribution in [0.3, 0.4) is 0 Å². The van der Waals surface area contributed by atoms with Gasteiger partial charge in [0.1, 0.15) is 11.4 Å². The molecule has 5 nitrogen and oxygen atoms in total. The summed E-state index contributed by atoms with van der Waals surface area (Å²) in [6, 6.07) is 9.75. The van der Waals surface area contributed by atoms with Crippen molar-refractivity contribution in [3.63, 3.8) is 0 Å². The maximum atomic E-state index is 5.90. The Hall–Kier alpha value is -2.56. The van der Waals surface area contributed by atoms with Gasteiger partial charge in [-0.3, -0.25) is 4.98 Å². The fraction of sp³-hybridized carbons (Fsp3) is 0.333. The first-order chi connectivity index (χ1) is 11.2. The SMILES string of the molecule is CCCCOc1ccc(C)nc1Cn1cnc2cc(N)ccc21. The van der Waals surface area contributed by atoms with Crippen molar-refractivity contribution in [1.29, 1.82) is 0 Å². The average molecular weight is 310 g/mol. The molecule has 0 fully saturated rings. The van der Waals surface area contributed by atoms with Crippen LogP contribution in [-0.2, 0) is 6.54 Å². The van der Waals surface area contributed by atoms with E-state index in [2.05, 4.69) is 21.5 Å².